The van der Waals surface area contributed by atoms with Crippen LogP contribution >= 0.6 is 0 Å². The fourth-order valence-electron chi connectivity index (χ4n) is 3.94. The van der Waals surface area contributed by atoms with Gasteiger partial charge < -0.3 is 10.6 Å². The lowest BCUT2D eigenvalue weighted by Gasteiger charge is -2.27. The molecule has 8 nitrogen and oxygen atoms in total. The van der Waals surface area contributed by atoms with E-state index < -0.39 is 36.0 Å². The van der Waals surface area contributed by atoms with E-state index >= 15 is 0 Å². The number of amides is 6. The molecule has 1 unspecified atom stereocenters. The van der Waals surface area contributed by atoms with Crippen LogP contribution in [0.3, 0.4) is 0 Å². The summed E-state index contributed by atoms with van der Waals surface area (Å²) in [6.07, 6.45) is 0.220. The van der Waals surface area contributed by atoms with Gasteiger partial charge >= 0.3 is 12.1 Å². The molecule has 0 aliphatic carbocycles. The van der Waals surface area contributed by atoms with E-state index in [-0.39, 0.29) is 13.0 Å². The molecule has 0 spiro atoms. The van der Waals surface area contributed by atoms with Crippen molar-refractivity contribution in [1.82, 2.24) is 20.9 Å². The van der Waals surface area contributed by atoms with E-state index in [1.165, 1.54) is 0 Å². The van der Waals surface area contributed by atoms with Crippen molar-refractivity contribution in [1.29, 1.82) is 0 Å². The second-order valence-corrected chi connectivity index (χ2v) is 7.97. The van der Waals surface area contributed by atoms with E-state index in [1.54, 1.807) is 24.3 Å². The van der Waals surface area contributed by atoms with Crippen molar-refractivity contribution in [2.75, 3.05) is 6.54 Å². The van der Waals surface area contributed by atoms with Gasteiger partial charge in [-0.3, -0.25) is 19.8 Å². The fourth-order valence-corrected chi connectivity index (χ4v) is 3.94. The van der Waals surface area contributed by atoms with Crippen molar-refractivity contribution >= 4 is 23.9 Å². The van der Waals surface area contributed by atoms with Crippen LogP contribution in [0.2, 0.25) is 0 Å². The van der Waals surface area contributed by atoms with E-state index in [9.17, 15) is 19.2 Å². The molecule has 1 aliphatic heterocycles. The SMILES string of the molecule is O=C(CN1C(=O)NC(Cc2ccccc2)(c2ccccc2)C1=O)NC(=O)NCc1ccccc1. The highest BCUT2D eigenvalue weighted by Gasteiger charge is 2.52. The van der Waals surface area contributed by atoms with Gasteiger partial charge in [-0.1, -0.05) is 91.0 Å². The first-order valence-electron chi connectivity index (χ1n) is 10.8. The van der Waals surface area contributed by atoms with Crippen LogP contribution in [-0.2, 0) is 28.1 Å². The Morgan fingerprint density at radius 1 is 0.794 bits per heavy atom. The maximum atomic E-state index is 13.5. The Bertz CT molecular complexity index is 1190. The molecule has 6 amide bonds. The van der Waals surface area contributed by atoms with Crippen LogP contribution in [0.5, 0.6) is 0 Å². The van der Waals surface area contributed by atoms with Crippen LogP contribution in [0, 0.1) is 0 Å². The Balaban J connectivity index is 1.46. The van der Waals surface area contributed by atoms with Gasteiger partial charge in [0.15, 0.2) is 5.54 Å². The monoisotopic (exact) mass is 456 g/mol. The summed E-state index contributed by atoms with van der Waals surface area (Å²) in [5, 5.41) is 7.54. The first-order valence-corrected chi connectivity index (χ1v) is 10.8. The molecule has 1 aliphatic rings. The average Bonchev–Trinajstić information content (AvgIpc) is 3.09. The summed E-state index contributed by atoms with van der Waals surface area (Å²) in [4.78, 5) is 51.8. The quantitative estimate of drug-likeness (QED) is 0.475. The molecule has 8 heteroatoms. The van der Waals surface area contributed by atoms with Crippen molar-refractivity contribution < 1.29 is 19.2 Å². The molecule has 4 rings (SSSR count). The molecule has 3 aromatic carbocycles. The van der Waals surface area contributed by atoms with Crippen molar-refractivity contribution in [3.8, 4) is 0 Å². The number of imide groups is 2. The second-order valence-electron chi connectivity index (χ2n) is 7.97. The highest BCUT2D eigenvalue weighted by atomic mass is 16.2. The average molecular weight is 457 g/mol. The van der Waals surface area contributed by atoms with Crippen LogP contribution in [0.1, 0.15) is 16.7 Å². The minimum atomic E-state index is -1.35. The Labute approximate surface area is 197 Å². The summed E-state index contributed by atoms with van der Waals surface area (Å²) in [7, 11) is 0. The number of hydrogen-bond acceptors (Lipinski definition) is 4. The maximum absolute atomic E-state index is 13.5. The zero-order valence-electron chi connectivity index (χ0n) is 18.4. The Kier molecular flexibility index (Phi) is 6.68. The summed E-state index contributed by atoms with van der Waals surface area (Å²) in [5.41, 5.74) is 0.982. The predicted octanol–water partition coefficient (Wildman–Crippen LogP) is 2.70. The molecule has 0 radical (unpaired) electrons. The number of rotatable bonds is 7. The number of hydrogen-bond donors (Lipinski definition) is 3. The molecule has 0 bridgehead atoms. The Hall–Kier alpha value is -4.46. The van der Waals surface area contributed by atoms with E-state index in [0.29, 0.717) is 5.56 Å². The standard InChI is InChI=1S/C26H24N4O4/c31-22(28-24(33)27-17-20-12-6-2-7-13-20)18-30-23(32)26(29-25(30)34,21-14-8-3-9-15-21)16-19-10-4-1-5-11-19/h1-15H,16-18H2,(H,29,34)(H2,27,28,31,33). The van der Waals surface area contributed by atoms with E-state index in [4.69, 9.17) is 0 Å². The number of benzene rings is 3. The van der Waals surface area contributed by atoms with Gasteiger partial charge in [-0.05, 0) is 16.7 Å². The minimum Gasteiger partial charge on any atom is -0.334 e. The number of carbonyl (C=O) groups excluding carboxylic acids is 4. The third-order valence-electron chi connectivity index (χ3n) is 5.60. The Morgan fingerprint density at radius 3 is 1.97 bits per heavy atom. The largest absolute Gasteiger partial charge is 0.334 e. The molecule has 3 aromatic rings. The highest BCUT2D eigenvalue weighted by Crippen LogP contribution is 2.32. The molecule has 1 heterocycles. The van der Waals surface area contributed by atoms with E-state index in [2.05, 4.69) is 16.0 Å². The van der Waals surface area contributed by atoms with Crippen molar-refractivity contribution in [2.24, 2.45) is 0 Å². The zero-order valence-corrected chi connectivity index (χ0v) is 18.4. The summed E-state index contributed by atoms with van der Waals surface area (Å²) in [5.74, 6) is -1.31. The molecular formula is C26H24N4O4. The topological polar surface area (TPSA) is 108 Å². The van der Waals surface area contributed by atoms with Crippen LogP contribution in [-0.4, -0.2) is 35.3 Å². The first-order chi connectivity index (χ1) is 16.5. The molecule has 172 valence electrons. The molecular weight excluding hydrogens is 432 g/mol. The fraction of sp³-hybridized carbons (Fsp3) is 0.154. The first kappa shape index (κ1) is 22.7. The summed E-state index contributed by atoms with van der Waals surface area (Å²) in [6, 6.07) is 26.1. The molecule has 0 aromatic heterocycles. The number of urea groups is 2. The number of nitrogens with zero attached hydrogens (tertiary/aromatic N) is 1. The smallest absolute Gasteiger partial charge is 0.325 e. The van der Waals surface area contributed by atoms with Crippen LogP contribution in [0.15, 0.2) is 91.0 Å². The molecule has 1 fully saturated rings. The van der Waals surface area contributed by atoms with Gasteiger partial charge in [0.1, 0.15) is 6.54 Å². The van der Waals surface area contributed by atoms with Gasteiger partial charge in [-0.25, -0.2) is 9.59 Å². The predicted molar refractivity (Wildman–Crippen MR) is 125 cm³/mol. The van der Waals surface area contributed by atoms with Gasteiger partial charge in [0.05, 0.1) is 0 Å². The second kappa shape index (κ2) is 9.99. The third-order valence-corrected chi connectivity index (χ3v) is 5.60. The van der Waals surface area contributed by atoms with Gasteiger partial charge in [0.2, 0.25) is 5.91 Å². The summed E-state index contributed by atoms with van der Waals surface area (Å²) >= 11 is 0. The molecule has 1 atom stereocenters. The van der Waals surface area contributed by atoms with Gasteiger partial charge in [0.25, 0.3) is 5.91 Å². The number of nitrogens with one attached hydrogen (secondary N) is 3. The lowest BCUT2D eigenvalue weighted by atomic mass is 9.83. The summed E-state index contributed by atoms with van der Waals surface area (Å²) < 4.78 is 0. The van der Waals surface area contributed by atoms with Gasteiger partial charge in [-0.15, -0.1) is 0 Å². The lowest BCUT2D eigenvalue weighted by Crippen LogP contribution is -2.48. The molecule has 3 N–H and O–H groups in total. The molecule has 0 saturated carbocycles. The molecule has 34 heavy (non-hydrogen) atoms. The Morgan fingerprint density at radius 2 is 1.35 bits per heavy atom. The van der Waals surface area contributed by atoms with E-state index in [0.717, 1.165) is 16.0 Å². The van der Waals surface area contributed by atoms with Gasteiger partial charge in [-0.2, -0.15) is 0 Å². The lowest BCUT2D eigenvalue weighted by molar-refractivity contribution is -0.135. The zero-order chi connectivity index (χ0) is 24.0. The van der Waals surface area contributed by atoms with Crippen molar-refractivity contribution in [3.63, 3.8) is 0 Å². The van der Waals surface area contributed by atoms with Gasteiger partial charge in [0, 0.05) is 13.0 Å². The maximum Gasteiger partial charge on any atom is 0.325 e. The normalized spacial score (nSPS) is 17.2. The molecule has 1 saturated heterocycles. The van der Waals surface area contributed by atoms with Crippen LogP contribution in [0.4, 0.5) is 9.59 Å². The van der Waals surface area contributed by atoms with Crippen molar-refractivity contribution in [3.05, 3.63) is 108 Å². The van der Waals surface area contributed by atoms with E-state index in [1.807, 2.05) is 66.7 Å². The highest BCUT2D eigenvalue weighted by molar-refractivity contribution is 6.10. The van der Waals surface area contributed by atoms with Crippen LogP contribution in [0.25, 0.3) is 0 Å². The summed E-state index contributed by atoms with van der Waals surface area (Å²) in [6.45, 7) is -0.343. The van der Waals surface area contributed by atoms with Crippen LogP contribution < -0.4 is 16.0 Å². The van der Waals surface area contributed by atoms with Crippen molar-refractivity contribution in [2.45, 2.75) is 18.5 Å². The number of carbonyl (C=O) groups is 4. The third kappa shape index (κ3) is 4.96. The minimum absolute atomic E-state index is 0.220.